The average Bonchev–Trinajstić information content (AvgIpc) is 3.24. The van der Waals surface area contributed by atoms with Crippen LogP contribution in [0.4, 0.5) is 0 Å². The predicted molar refractivity (Wildman–Crippen MR) is 111 cm³/mol. The Hall–Kier alpha value is -2.09. The van der Waals surface area contributed by atoms with Crippen LogP contribution in [-0.4, -0.2) is 44.5 Å². The molecule has 0 amide bonds. The van der Waals surface area contributed by atoms with Gasteiger partial charge >= 0.3 is 0 Å². The van der Waals surface area contributed by atoms with Crippen LogP contribution in [0.5, 0.6) is 5.75 Å². The first-order valence-electron chi connectivity index (χ1n) is 9.16. The second-order valence-corrected chi connectivity index (χ2v) is 6.72. The topological polar surface area (TPSA) is 75.1 Å². The zero-order valence-electron chi connectivity index (χ0n) is 16.0. The summed E-state index contributed by atoms with van der Waals surface area (Å²) in [4.78, 5) is 4.62. The Kier molecular flexibility index (Phi) is 9.68. The molecule has 0 radical (unpaired) electrons. The number of hydrogen-bond donors (Lipinski definition) is 3. The number of aliphatic imine (C=N–C) groups is 1. The first-order valence-corrected chi connectivity index (χ1v) is 10.1. The van der Waals surface area contributed by atoms with Gasteiger partial charge in [0.1, 0.15) is 5.75 Å². The summed E-state index contributed by atoms with van der Waals surface area (Å²) < 4.78 is 10.5. The van der Waals surface area contributed by atoms with E-state index in [1.165, 1.54) is 0 Å². The van der Waals surface area contributed by atoms with Crippen LogP contribution in [-0.2, 0) is 11.3 Å². The number of nitrogens with one attached hydrogen (secondary N) is 2. The molecule has 1 heterocycles. The van der Waals surface area contributed by atoms with Gasteiger partial charge in [-0.15, -0.1) is 0 Å². The van der Waals surface area contributed by atoms with Crippen molar-refractivity contribution < 1.29 is 14.6 Å². The van der Waals surface area contributed by atoms with Gasteiger partial charge in [-0.05, 0) is 53.4 Å². The summed E-state index contributed by atoms with van der Waals surface area (Å²) in [5, 5.41) is 20.7. The summed E-state index contributed by atoms with van der Waals surface area (Å²) in [5.74, 6) is 1.51. The molecule has 1 atom stereocenters. The summed E-state index contributed by atoms with van der Waals surface area (Å²) in [6.45, 7) is 5.12. The zero-order valence-corrected chi connectivity index (χ0v) is 16.8. The maximum atomic E-state index is 10.3. The fourth-order valence-corrected chi connectivity index (χ4v) is 3.08. The number of benzene rings is 1. The molecule has 27 heavy (non-hydrogen) atoms. The van der Waals surface area contributed by atoms with Crippen LogP contribution in [0.3, 0.4) is 0 Å². The molecule has 0 bridgehead atoms. The van der Waals surface area contributed by atoms with Gasteiger partial charge in [-0.25, -0.2) is 4.99 Å². The zero-order chi connectivity index (χ0) is 19.3. The summed E-state index contributed by atoms with van der Waals surface area (Å²) >= 11 is 1.58. The highest BCUT2D eigenvalue weighted by molar-refractivity contribution is 7.07. The van der Waals surface area contributed by atoms with Crippen LogP contribution in [0, 0.1) is 0 Å². The highest BCUT2D eigenvalue weighted by Gasteiger charge is 2.09. The van der Waals surface area contributed by atoms with Gasteiger partial charge in [0.05, 0.1) is 19.8 Å². The number of rotatable bonds is 11. The second-order valence-electron chi connectivity index (χ2n) is 5.94. The van der Waals surface area contributed by atoms with Crippen molar-refractivity contribution in [1.29, 1.82) is 0 Å². The highest BCUT2D eigenvalue weighted by Crippen LogP contribution is 2.15. The van der Waals surface area contributed by atoms with Crippen molar-refractivity contribution in [2.45, 2.75) is 26.0 Å². The number of methoxy groups -OCH3 is 1. The lowest BCUT2D eigenvalue weighted by molar-refractivity contribution is 0.145. The summed E-state index contributed by atoms with van der Waals surface area (Å²) in [6, 6.07) is 9.77. The van der Waals surface area contributed by atoms with E-state index in [0.29, 0.717) is 25.7 Å². The molecule has 0 saturated carbocycles. The van der Waals surface area contributed by atoms with E-state index in [1.807, 2.05) is 48.0 Å². The van der Waals surface area contributed by atoms with E-state index in [0.717, 1.165) is 36.4 Å². The molecule has 0 saturated heterocycles. The number of aliphatic hydroxyl groups excluding tert-OH is 1. The Morgan fingerprint density at radius 3 is 2.70 bits per heavy atom. The third-order valence-corrected chi connectivity index (χ3v) is 4.63. The fourth-order valence-electron chi connectivity index (χ4n) is 2.38. The van der Waals surface area contributed by atoms with E-state index in [4.69, 9.17) is 9.47 Å². The van der Waals surface area contributed by atoms with Crippen molar-refractivity contribution in [2.24, 2.45) is 4.99 Å². The molecule has 1 aromatic heterocycles. The van der Waals surface area contributed by atoms with Crippen molar-refractivity contribution in [2.75, 3.05) is 33.4 Å². The van der Waals surface area contributed by atoms with E-state index in [2.05, 4.69) is 15.6 Å². The molecule has 0 spiro atoms. The molecule has 0 aliphatic carbocycles. The van der Waals surface area contributed by atoms with Gasteiger partial charge in [0, 0.05) is 26.3 Å². The highest BCUT2D eigenvalue weighted by atomic mass is 32.1. The minimum atomic E-state index is -0.562. The van der Waals surface area contributed by atoms with Crippen molar-refractivity contribution in [3.8, 4) is 5.75 Å². The Bertz CT molecular complexity index is 660. The maximum absolute atomic E-state index is 10.3. The molecule has 148 valence electrons. The fraction of sp³-hybridized carbons (Fsp3) is 0.450. The Labute approximate surface area is 165 Å². The van der Waals surface area contributed by atoms with Gasteiger partial charge in [-0.3, -0.25) is 0 Å². The molecular weight excluding hydrogens is 362 g/mol. The lowest BCUT2D eigenvalue weighted by Gasteiger charge is -2.15. The van der Waals surface area contributed by atoms with Crippen LogP contribution < -0.4 is 15.4 Å². The van der Waals surface area contributed by atoms with Crippen LogP contribution >= 0.6 is 11.3 Å². The van der Waals surface area contributed by atoms with E-state index < -0.39 is 6.10 Å². The summed E-state index contributed by atoms with van der Waals surface area (Å²) in [7, 11) is 1.65. The molecule has 6 nitrogen and oxygen atoms in total. The van der Waals surface area contributed by atoms with E-state index in [-0.39, 0.29) is 0 Å². The standard InChI is InChI=1S/C20H29N3O3S/c1-3-26-11-4-10-21-20(23-14-19(24)17-9-12-27-15-17)22-13-16-5-7-18(25-2)8-6-16/h5-9,12,15,19,24H,3-4,10-11,13-14H2,1-2H3,(H2,21,22,23). The van der Waals surface area contributed by atoms with Crippen molar-refractivity contribution >= 4 is 17.3 Å². The Balaban J connectivity index is 1.90. The van der Waals surface area contributed by atoms with Gasteiger partial charge < -0.3 is 25.2 Å². The molecule has 3 N–H and O–H groups in total. The van der Waals surface area contributed by atoms with E-state index in [9.17, 15) is 5.11 Å². The predicted octanol–water partition coefficient (Wildman–Crippen LogP) is 2.95. The normalized spacial score (nSPS) is 12.6. The Morgan fingerprint density at radius 1 is 1.22 bits per heavy atom. The number of nitrogens with zero attached hydrogens (tertiary/aromatic N) is 1. The number of thiophene rings is 1. The quantitative estimate of drug-likeness (QED) is 0.312. The largest absolute Gasteiger partial charge is 0.497 e. The van der Waals surface area contributed by atoms with Gasteiger partial charge in [0.15, 0.2) is 5.96 Å². The smallest absolute Gasteiger partial charge is 0.191 e. The lowest BCUT2D eigenvalue weighted by atomic mass is 10.2. The average molecular weight is 392 g/mol. The number of hydrogen-bond acceptors (Lipinski definition) is 5. The molecule has 0 aliphatic rings. The Morgan fingerprint density at radius 2 is 2.04 bits per heavy atom. The minimum absolute atomic E-state index is 0.399. The van der Waals surface area contributed by atoms with E-state index in [1.54, 1.807) is 18.4 Å². The first-order chi connectivity index (χ1) is 13.2. The first kappa shape index (κ1) is 21.2. The van der Waals surface area contributed by atoms with Gasteiger partial charge in [-0.1, -0.05) is 12.1 Å². The minimum Gasteiger partial charge on any atom is -0.497 e. The maximum Gasteiger partial charge on any atom is 0.191 e. The third-order valence-electron chi connectivity index (χ3n) is 3.93. The van der Waals surface area contributed by atoms with Gasteiger partial charge in [0.25, 0.3) is 0 Å². The third kappa shape index (κ3) is 7.99. The molecule has 0 fully saturated rings. The van der Waals surface area contributed by atoms with Crippen molar-refractivity contribution in [3.05, 3.63) is 52.2 Å². The van der Waals surface area contributed by atoms with Crippen molar-refractivity contribution in [1.82, 2.24) is 10.6 Å². The number of ether oxygens (including phenoxy) is 2. The van der Waals surface area contributed by atoms with Crippen LogP contribution in [0.25, 0.3) is 0 Å². The second kappa shape index (κ2) is 12.3. The molecular formula is C20H29N3O3S. The summed E-state index contributed by atoms with van der Waals surface area (Å²) in [5.41, 5.74) is 2.00. The molecule has 1 aromatic carbocycles. The van der Waals surface area contributed by atoms with Crippen LogP contribution in [0.15, 0.2) is 46.1 Å². The molecule has 7 heteroatoms. The van der Waals surface area contributed by atoms with Crippen molar-refractivity contribution in [3.63, 3.8) is 0 Å². The SMILES string of the molecule is CCOCCCNC(=NCc1ccc(OC)cc1)NCC(O)c1ccsc1. The van der Waals surface area contributed by atoms with Gasteiger partial charge in [-0.2, -0.15) is 11.3 Å². The molecule has 0 aliphatic heterocycles. The number of aliphatic hydroxyl groups is 1. The van der Waals surface area contributed by atoms with Crippen LogP contribution in [0.2, 0.25) is 0 Å². The summed E-state index contributed by atoms with van der Waals surface area (Å²) in [6.07, 6.45) is 0.331. The monoisotopic (exact) mass is 391 g/mol. The van der Waals surface area contributed by atoms with Gasteiger partial charge in [0.2, 0.25) is 0 Å². The van der Waals surface area contributed by atoms with E-state index >= 15 is 0 Å². The van der Waals surface area contributed by atoms with Crippen LogP contribution in [0.1, 0.15) is 30.6 Å². The molecule has 1 unspecified atom stereocenters. The number of guanidine groups is 1. The molecule has 2 aromatic rings. The lowest BCUT2D eigenvalue weighted by Crippen LogP contribution is -2.40. The molecule has 2 rings (SSSR count).